The van der Waals surface area contributed by atoms with Crippen molar-refractivity contribution in [3.63, 3.8) is 0 Å². The van der Waals surface area contributed by atoms with Gasteiger partial charge in [-0.25, -0.2) is 9.67 Å². The summed E-state index contributed by atoms with van der Waals surface area (Å²) in [6.45, 7) is 2.91. The number of benzene rings is 1. The molecular formula is C13H14N4S. The summed E-state index contributed by atoms with van der Waals surface area (Å²) >= 11 is 1.66. The quantitative estimate of drug-likeness (QED) is 0.785. The minimum absolute atomic E-state index is 0.830. The zero-order chi connectivity index (χ0) is 12.5. The predicted molar refractivity (Wildman–Crippen MR) is 74.2 cm³/mol. The highest BCUT2D eigenvalue weighted by molar-refractivity contribution is 7.20. The first kappa shape index (κ1) is 11.4. The molecule has 0 aliphatic carbocycles. The van der Waals surface area contributed by atoms with Crippen LogP contribution < -0.4 is 5.32 Å². The zero-order valence-corrected chi connectivity index (χ0v) is 11.2. The summed E-state index contributed by atoms with van der Waals surface area (Å²) in [5.41, 5.74) is 3.38. The molecule has 2 aromatic heterocycles. The van der Waals surface area contributed by atoms with Gasteiger partial charge >= 0.3 is 0 Å². The molecule has 0 spiro atoms. The lowest BCUT2D eigenvalue weighted by Gasteiger charge is -2.00. The molecule has 92 valence electrons. The van der Waals surface area contributed by atoms with E-state index in [1.807, 2.05) is 36.1 Å². The molecule has 0 unspecified atom stereocenters. The van der Waals surface area contributed by atoms with Crippen LogP contribution >= 0.6 is 11.3 Å². The van der Waals surface area contributed by atoms with E-state index in [1.165, 1.54) is 10.3 Å². The minimum Gasteiger partial charge on any atom is -0.316 e. The van der Waals surface area contributed by atoms with E-state index < -0.39 is 0 Å². The number of aromatic nitrogens is 3. The van der Waals surface area contributed by atoms with Crippen LogP contribution in [-0.2, 0) is 6.54 Å². The van der Waals surface area contributed by atoms with Crippen molar-refractivity contribution in [2.75, 3.05) is 7.05 Å². The lowest BCUT2D eigenvalue weighted by molar-refractivity contribution is 0.800. The molecule has 0 bridgehead atoms. The fourth-order valence-corrected chi connectivity index (χ4v) is 2.93. The highest BCUT2D eigenvalue weighted by atomic mass is 32.1. The molecule has 0 aliphatic rings. The van der Waals surface area contributed by atoms with Gasteiger partial charge in [0.05, 0.1) is 16.4 Å². The van der Waals surface area contributed by atoms with Crippen LogP contribution in [0.2, 0.25) is 0 Å². The van der Waals surface area contributed by atoms with Crippen molar-refractivity contribution in [1.29, 1.82) is 0 Å². The van der Waals surface area contributed by atoms with Gasteiger partial charge in [-0.05, 0) is 26.1 Å². The second kappa shape index (κ2) is 4.51. The third kappa shape index (κ3) is 1.81. The van der Waals surface area contributed by atoms with Crippen molar-refractivity contribution in [3.8, 4) is 5.13 Å². The molecule has 5 heteroatoms. The largest absolute Gasteiger partial charge is 0.316 e. The molecular weight excluding hydrogens is 244 g/mol. The van der Waals surface area contributed by atoms with Gasteiger partial charge in [-0.2, -0.15) is 5.10 Å². The van der Waals surface area contributed by atoms with Crippen LogP contribution in [0.1, 0.15) is 11.3 Å². The van der Waals surface area contributed by atoms with E-state index in [4.69, 9.17) is 0 Å². The van der Waals surface area contributed by atoms with Gasteiger partial charge in [0.25, 0.3) is 0 Å². The van der Waals surface area contributed by atoms with Gasteiger partial charge in [0, 0.05) is 17.8 Å². The lowest BCUT2D eigenvalue weighted by Crippen LogP contribution is -2.06. The fraction of sp³-hybridized carbons (Fsp3) is 0.231. The van der Waals surface area contributed by atoms with Crippen LogP contribution in [0.4, 0.5) is 0 Å². The normalized spacial score (nSPS) is 11.2. The summed E-state index contributed by atoms with van der Waals surface area (Å²) in [6, 6.07) is 8.16. The predicted octanol–water partition coefficient (Wildman–Crippen LogP) is 2.51. The lowest BCUT2D eigenvalue weighted by atomic mass is 10.2. The molecule has 0 aliphatic heterocycles. The molecule has 0 saturated carbocycles. The maximum absolute atomic E-state index is 4.62. The number of fused-ring (bicyclic) bond motifs is 1. The number of hydrogen-bond donors (Lipinski definition) is 1. The summed E-state index contributed by atoms with van der Waals surface area (Å²) in [6.07, 6.45) is 1.90. The molecule has 0 saturated heterocycles. The molecule has 4 nitrogen and oxygen atoms in total. The summed E-state index contributed by atoms with van der Waals surface area (Å²) in [5.74, 6) is 0. The second-order valence-electron chi connectivity index (χ2n) is 4.16. The minimum atomic E-state index is 0.830. The molecule has 1 aromatic carbocycles. The van der Waals surface area contributed by atoms with Crippen molar-refractivity contribution in [1.82, 2.24) is 20.1 Å². The van der Waals surface area contributed by atoms with Gasteiger partial charge in [-0.3, -0.25) is 0 Å². The molecule has 3 rings (SSSR count). The Morgan fingerprint density at radius 2 is 2.17 bits per heavy atom. The van der Waals surface area contributed by atoms with Gasteiger partial charge in [0.2, 0.25) is 5.13 Å². The Morgan fingerprint density at radius 1 is 1.33 bits per heavy atom. The van der Waals surface area contributed by atoms with Crippen molar-refractivity contribution in [2.24, 2.45) is 0 Å². The van der Waals surface area contributed by atoms with Gasteiger partial charge in [-0.15, -0.1) is 0 Å². The van der Waals surface area contributed by atoms with E-state index in [1.54, 1.807) is 11.3 Å². The zero-order valence-electron chi connectivity index (χ0n) is 10.3. The number of nitrogens with one attached hydrogen (secondary N) is 1. The monoisotopic (exact) mass is 258 g/mol. The number of nitrogens with zero attached hydrogens (tertiary/aromatic N) is 3. The first-order valence-corrected chi connectivity index (χ1v) is 6.65. The van der Waals surface area contributed by atoms with Crippen LogP contribution in [0.15, 0.2) is 30.5 Å². The number of para-hydroxylation sites is 1. The third-order valence-electron chi connectivity index (χ3n) is 2.94. The van der Waals surface area contributed by atoms with E-state index in [0.29, 0.717) is 0 Å². The van der Waals surface area contributed by atoms with Crippen LogP contribution in [-0.4, -0.2) is 21.8 Å². The smallest absolute Gasteiger partial charge is 0.211 e. The number of rotatable bonds is 3. The molecule has 0 atom stereocenters. The van der Waals surface area contributed by atoms with Gasteiger partial charge in [0.1, 0.15) is 0 Å². The topological polar surface area (TPSA) is 42.7 Å². The first-order chi connectivity index (χ1) is 8.79. The number of thiazole rings is 1. The van der Waals surface area contributed by atoms with Crippen molar-refractivity contribution >= 4 is 21.6 Å². The summed E-state index contributed by atoms with van der Waals surface area (Å²) in [7, 11) is 1.94. The van der Waals surface area contributed by atoms with Crippen molar-refractivity contribution in [2.45, 2.75) is 13.5 Å². The van der Waals surface area contributed by atoms with Gasteiger partial charge < -0.3 is 5.32 Å². The van der Waals surface area contributed by atoms with E-state index in [2.05, 4.69) is 28.4 Å². The molecule has 18 heavy (non-hydrogen) atoms. The van der Waals surface area contributed by atoms with Gasteiger partial charge in [-0.1, -0.05) is 23.5 Å². The Hall–Kier alpha value is -1.72. The Kier molecular flexibility index (Phi) is 2.85. The average molecular weight is 258 g/mol. The molecule has 3 aromatic rings. The van der Waals surface area contributed by atoms with Crippen molar-refractivity contribution in [3.05, 3.63) is 41.7 Å². The Balaban J connectivity index is 2.08. The maximum Gasteiger partial charge on any atom is 0.211 e. The third-order valence-corrected chi connectivity index (χ3v) is 3.95. The van der Waals surface area contributed by atoms with Crippen LogP contribution in [0.3, 0.4) is 0 Å². The Bertz CT molecular complexity index is 650. The van der Waals surface area contributed by atoms with E-state index in [-0.39, 0.29) is 0 Å². The SMILES string of the molecule is CNCc1cnn(-c2nc3ccccc3s2)c1C. The van der Waals surface area contributed by atoms with Gasteiger partial charge in [0.15, 0.2) is 0 Å². The van der Waals surface area contributed by atoms with Crippen LogP contribution in [0.5, 0.6) is 0 Å². The van der Waals surface area contributed by atoms with E-state index >= 15 is 0 Å². The van der Waals surface area contributed by atoms with E-state index in [9.17, 15) is 0 Å². The Labute approximate surface area is 109 Å². The summed E-state index contributed by atoms with van der Waals surface area (Å²) < 4.78 is 3.11. The summed E-state index contributed by atoms with van der Waals surface area (Å²) in [4.78, 5) is 4.62. The van der Waals surface area contributed by atoms with Crippen LogP contribution in [0.25, 0.3) is 15.3 Å². The average Bonchev–Trinajstić information content (AvgIpc) is 2.94. The van der Waals surface area contributed by atoms with Crippen LogP contribution in [0, 0.1) is 6.92 Å². The molecule has 2 heterocycles. The fourth-order valence-electron chi connectivity index (χ4n) is 1.95. The second-order valence-corrected chi connectivity index (χ2v) is 5.17. The standard InChI is InChI=1S/C13H14N4S/c1-9-10(7-14-2)8-15-17(9)13-16-11-5-3-4-6-12(11)18-13/h3-6,8,14H,7H2,1-2H3. The summed E-state index contributed by atoms with van der Waals surface area (Å²) in [5, 5.41) is 8.50. The van der Waals surface area contributed by atoms with E-state index in [0.717, 1.165) is 22.9 Å². The Morgan fingerprint density at radius 3 is 2.94 bits per heavy atom. The first-order valence-electron chi connectivity index (χ1n) is 5.83. The highest BCUT2D eigenvalue weighted by Crippen LogP contribution is 2.25. The molecule has 0 radical (unpaired) electrons. The molecule has 0 fully saturated rings. The highest BCUT2D eigenvalue weighted by Gasteiger charge is 2.11. The molecule has 1 N–H and O–H groups in total. The number of hydrogen-bond acceptors (Lipinski definition) is 4. The molecule has 0 amide bonds. The van der Waals surface area contributed by atoms with Crippen molar-refractivity contribution < 1.29 is 0 Å². The maximum atomic E-state index is 4.62.